The van der Waals surface area contributed by atoms with Gasteiger partial charge in [0.25, 0.3) is 0 Å². The molecule has 0 bridgehead atoms. The van der Waals surface area contributed by atoms with Crippen molar-refractivity contribution in [3.05, 3.63) is 12.4 Å². The van der Waals surface area contributed by atoms with E-state index in [4.69, 9.17) is 0 Å². The van der Waals surface area contributed by atoms with Gasteiger partial charge in [0.05, 0.1) is 17.9 Å². The van der Waals surface area contributed by atoms with Gasteiger partial charge in [0.2, 0.25) is 0 Å². The van der Waals surface area contributed by atoms with Crippen molar-refractivity contribution in [3.63, 3.8) is 0 Å². The zero-order valence-corrected chi connectivity index (χ0v) is 10.4. The Bertz CT molecular complexity index is 420. The fourth-order valence-corrected chi connectivity index (χ4v) is 2.25. The van der Waals surface area contributed by atoms with Crippen molar-refractivity contribution < 1.29 is 4.79 Å². The first-order valence-electron chi connectivity index (χ1n) is 6.63. The Labute approximate surface area is 106 Å². The third-order valence-electron chi connectivity index (χ3n) is 3.45. The predicted molar refractivity (Wildman–Crippen MR) is 68.5 cm³/mol. The summed E-state index contributed by atoms with van der Waals surface area (Å²) in [7, 11) is 0. The lowest BCUT2D eigenvalue weighted by Gasteiger charge is -2.22. The molecule has 0 unspecified atom stereocenters. The van der Waals surface area contributed by atoms with Crippen LogP contribution in [0.5, 0.6) is 0 Å². The molecule has 98 valence electrons. The molecular formula is C12H19N5O. The second kappa shape index (κ2) is 4.97. The molecule has 1 saturated heterocycles. The number of urea groups is 1. The summed E-state index contributed by atoms with van der Waals surface area (Å²) in [5.41, 5.74) is 0.770. The van der Waals surface area contributed by atoms with Gasteiger partial charge in [0.15, 0.2) is 0 Å². The molecule has 6 nitrogen and oxygen atoms in total. The van der Waals surface area contributed by atoms with Crippen molar-refractivity contribution in [2.75, 3.05) is 18.4 Å². The van der Waals surface area contributed by atoms with E-state index in [0.717, 1.165) is 44.5 Å². The lowest BCUT2D eigenvalue weighted by Crippen LogP contribution is -2.30. The summed E-state index contributed by atoms with van der Waals surface area (Å²) >= 11 is 0. The van der Waals surface area contributed by atoms with Gasteiger partial charge in [-0.15, -0.1) is 0 Å². The number of hydrogen-bond acceptors (Lipinski definition) is 3. The largest absolute Gasteiger partial charge is 0.335 e. The molecule has 2 fully saturated rings. The van der Waals surface area contributed by atoms with Crippen LogP contribution < -0.4 is 16.0 Å². The summed E-state index contributed by atoms with van der Waals surface area (Å²) in [6, 6.07) is 0.708. The second-order valence-electron chi connectivity index (χ2n) is 5.06. The molecule has 6 heteroatoms. The topological polar surface area (TPSA) is 71.0 Å². The highest BCUT2D eigenvalue weighted by molar-refractivity contribution is 5.89. The van der Waals surface area contributed by atoms with Crippen LogP contribution in [0.3, 0.4) is 0 Å². The fourth-order valence-electron chi connectivity index (χ4n) is 2.25. The van der Waals surface area contributed by atoms with Crippen molar-refractivity contribution in [1.82, 2.24) is 20.4 Å². The molecule has 3 rings (SSSR count). The molecule has 3 N–H and O–H groups in total. The van der Waals surface area contributed by atoms with Crippen molar-refractivity contribution in [2.45, 2.75) is 37.8 Å². The van der Waals surface area contributed by atoms with E-state index in [2.05, 4.69) is 21.0 Å². The highest BCUT2D eigenvalue weighted by atomic mass is 16.2. The molecule has 0 aromatic carbocycles. The Morgan fingerprint density at radius 3 is 2.83 bits per heavy atom. The van der Waals surface area contributed by atoms with E-state index in [1.54, 1.807) is 6.20 Å². The van der Waals surface area contributed by atoms with E-state index in [-0.39, 0.29) is 6.03 Å². The maximum absolute atomic E-state index is 11.6. The number of anilines is 1. The number of carbonyl (C=O) groups excluding carboxylic acids is 1. The quantitative estimate of drug-likeness (QED) is 0.751. The van der Waals surface area contributed by atoms with Crippen molar-refractivity contribution >= 4 is 11.7 Å². The molecule has 1 aromatic rings. The first-order chi connectivity index (χ1) is 8.81. The molecular weight excluding hydrogens is 230 g/mol. The smallest absolute Gasteiger partial charge is 0.319 e. The average molecular weight is 249 g/mol. The molecule has 1 aromatic heterocycles. The van der Waals surface area contributed by atoms with Crippen LogP contribution in [-0.2, 0) is 0 Å². The van der Waals surface area contributed by atoms with Gasteiger partial charge in [-0.25, -0.2) is 4.79 Å². The van der Waals surface area contributed by atoms with E-state index in [0.29, 0.717) is 12.1 Å². The number of nitrogens with one attached hydrogen (secondary N) is 3. The van der Waals surface area contributed by atoms with Crippen LogP contribution in [-0.4, -0.2) is 34.9 Å². The average Bonchev–Trinajstić information content (AvgIpc) is 3.06. The zero-order chi connectivity index (χ0) is 12.4. The fraction of sp³-hybridized carbons (Fsp3) is 0.667. The first-order valence-corrected chi connectivity index (χ1v) is 6.63. The molecule has 0 spiro atoms. The van der Waals surface area contributed by atoms with Gasteiger partial charge in [-0.3, -0.25) is 4.68 Å². The van der Waals surface area contributed by atoms with Crippen molar-refractivity contribution in [2.24, 2.45) is 0 Å². The minimum atomic E-state index is -0.123. The van der Waals surface area contributed by atoms with Gasteiger partial charge in [0, 0.05) is 12.2 Å². The minimum Gasteiger partial charge on any atom is -0.335 e. The number of aromatic nitrogens is 2. The van der Waals surface area contributed by atoms with E-state index in [1.165, 1.54) is 0 Å². The van der Waals surface area contributed by atoms with Gasteiger partial charge in [-0.1, -0.05) is 0 Å². The van der Waals surface area contributed by atoms with Crippen LogP contribution >= 0.6 is 0 Å². The summed E-state index contributed by atoms with van der Waals surface area (Å²) in [4.78, 5) is 11.6. The summed E-state index contributed by atoms with van der Waals surface area (Å²) < 4.78 is 1.97. The molecule has 0 radical (unpaired) electrons. The summed E-state index contributed by atoms with van der Waals surface area (Å²) in [6.45, 7) is 2.07. The van der Waals surface area contributed by atoms with Gasteiger partial charge in [-0.2, -0.15) is 5.10 Å². The predicted octanol–water partition coefficient (Wildman–Crippen LogP) is 1.09. The third-order valence-corrected chi connectivity index (χ3v) is 3.45. The molecule has 2 heterocycles. The molecule has 1 saturated carbocycles. The van der Waals surface area contributed by atoms with Crippen LogP contribution in [0.25, 0.3) is 0 Å². The van der Waals surface area contributed by atoms with Crippen LogP contribution in [0.1, 0.15) is 31.7 Å². The Hall–Kier alpha value is -1.56. The Kier molecular flexibility index (Phi) is 3.19. The van der Waals surface area contributed by atoms with E-state index in [1.807, 2.05) is 10.9 Å². The molecule has 1 aliphatic heterocycles. The van der Waals surface area contributed by atoms with Gasteiger partial charge in [0.1, 0.15) is 0 Å². The highest BCUT2D eigenvalue weighted by Gasteiger charge is 2.23. The normalized spacial score (nSPS) is 20.7. The maximum Gasteiger partial charge on any atom is 0.319 e. The van der Waals surface area contributed by atoms with E-state index < -0.39 is 0 Å². The highest BCUT2D eigenvalue weighted by Crippen LogP contribution is 2.20. The Balaban J connectivity index is 1.56. The third kappa shape index (κ3) is 2.81. The summed E-state index contributed by atoms with van der Waals surface area (Å²) in [5, 5.41) is 13.4. The van der Waals surface area contributed by atoms with Crippen molar-refractivity contribution in [3.8, 4) is 0 Å². The number of nitrogens with zero attached hydrogens (tertiary/aromatic N) is 2. The van der Waals surface area contributed by atoms with Crippen molar-refractivity contribution in [1.29, 1.82) is 0 Å². The number of amides is 2. The molecule has 2 aliphatic rings. The lowest BCUT2D eigenvalue weighted by atomic mass is 10.1. The Morgan fingerprint density at radius 1 is 1.33 bits per heavy atom. The van der Waals surface area contributed by atoms with E-state index in [9.17, 15) is 4.79 Å². The monoisotopic (exact) mass is 249 g/mol. The number of piperidine rings is 1. The van der Waals surface area contributed by atoms with Gasteiger partial charge >= 0.3 is 6.03 Å². The van der Waals surface area contributed by atoms with Gasteiger partial charge < -0.3 is 16.0 Å². The number of rotatable bonds is 3. The summed E-state index contributed by atoms with van der Waals surface area (Å²) in [5.74, 6) is 0. The van der Waals surface area contributed by atoms with Crippen LogP contribution in [0, 0.1) is 0 Å². The van der Waals surface area contributed by atoms with Crippen LogP contribution in [0.4, 0.5) is 10.5 Å². The van der Waals surface area contributed by atoms with E-state index >= 15 is 0 Å². The maximum atomic E-state index is 11.6. The summed E-state index contributed by atoms with van der Waals surface area (Å²) in [6.07, 6.45) is 8.02. The molecule has 18 heavy (non-hydrogen) atoms. The lowest BCUT2D eigenvalue weighted by molar-refractivity contribution is 0.251. The van der Waals surface area contributed by atoms with Gasteiger partial charge in [-0.05, 0) is 38.8 Å². The van der Waals surface area contributed by atoms with Crippen LogP contribution in [0.15, 0.2) is 12.4 Å². The molecule has 0 atom stereocenters. The molecule has 1 aliphatic carbocycles. The standard InChI is InChI=1S/C12H19N5O/c18-12(15-9-1-2-9)16-10-7-14-17(8-10)11-3-5-13-6-4-11/h7-9,11,13H,1-6H2,(H2,15,16,18). The first kappa shape index (κ1) is 11.5. The zero-order valence-electron chi connectivity index (χ0n) is 10.4. The van der Waals surface area contributed by atoms with Crippen LogP contribution in [0.2, 0.25) is 0 Å². The second-order valence-corrected chi connectivity index (χ2v) is 5.06. The SMILES string of the molecule is O=C(Nc1cnn(C2CCNCC2)c1)NC1CC1. The number of carbonyl (C=O) groups is 1. The Morgan fingerprint density at radius 2 is 2.11 bits per heavy atom. The minimum absolute atomic E-state index is 0.123. The molecule has 2 amide bonds. The number of hydrogen-bond donors (Lipinski definition) is 3.